The highest BCUT2D eigenvalue weighted by Crippen LogP contribution is 2.50. The second-order valence-corrected chi connectivity index (χ2v) is 8.52. The number of ketones is 1. The van der Waals surface area contributed by atoms with E-state index in [0.29, 0.717) is 0 Å². The van der Waals surface area contributed by atoms with Gasteiger partial charge in [-0.2, -0.15) is 0 Å². The lowest BCUT2D eigenvalue weighted by molar-refractivity contribution is -0.157. The molecule has 168 valence electrons. The van der Waals surface area contributed by atoms with Crippen LogP contribution in [0.25, 0.3) is 0 Å². The SMILES string of the molecule is NC(CC(=O)C(=O)OCc1ccccc1F)(C(=O)O)C1c2ccccc2N[C@@H]2CCC[C@H]12. The summed E-state index contributed by atoms with van der Waals surface area (Å²) in [6.07, 6.45) is 1.86. The molecule has 4 N–H and O–H groups in total. The van der Waals surface area contributed by atoms with Crippen LogP contribution in [0.2, 0.25) is 0 Å². The number of esters is 1. The zero-order valence-electron chi connectivity index (χ0n) is 17.4. The van der Waals surface area contributed by atoms with Crippen molar-refractivity contribution < 1.29 is 28.6 Å². The number of anilines is 1. The summed E-state index contributed by atoms with van der Waals surface area (Å²) in [6, 6.07) is 13.1. The van der Waals surface area contributed by atoms with Gasteiger partial charge in [-0.1, -0.05) is 42.8 Å². The van der Waals surface area contributed by atoms with Gasteiger partial charge in [0.2, 0.25) is 5.78 Å². The molecule has 4 atom stereocenters. The largest absolute Gasteiger partial charge is 0.480 e. The number of carbonyl (C=O) groups excluding carboxylic acids is 2. The number of carbonyl (C=O) groups is 3. The van der Waals surface area contributed by atoms with E-state index in [1.54, 1.807) is 12.1 Å². The first kappa shape index (κ1) is 22.0. The number of fused-ring (bicyclic) bond motifs is 2. The van der Waals surface area contributed by atoms with E-state index in [0.717, 1.165) is 30.5 Å². The molecule has 1 saturated carbocycles. The van der Waals surface area contributed by atoms with Gasteiger partial charge in [-0.15, -0.1) is 0 Å². The summed E-state index contributed by atoms with van der Waals surface area (Å²) >= 11 is 0. The maximum atomic E-state index is 13.7. The number of halogens is 1. The highest BCUT2D eigenvalue weighted by atomic mass is 19.1. The monoisotopic (exact) mass is 440 g/mol. The van der Waals surface area contributed by atoms with E-state index >= 15 is 0 Å². The van der Waals surface area contributed by atoms with Gasteiger partial charge < -0.3 is 20.9 Å². The number of nitrogens with two attached hydrogens (primary N) is 1. The average molecular weight is 440 g/mol. The van der Waals surface area contributed by atoms with Crippen LogP contribution in [-0.4, -0.2) is 34.4 Å². The van der Waals surface area contributed by atoms with Crippen molar-refractivity contribution in [1.29, 1.82) is 0 Å². The first-order chi connectivity index (χ1) is 15.3. The molecule has 32 heavy (non-hydrogen) atoms. The van der Waals surface area contributed by atoms with Crippen molar-refractivity contribution in [3.63, 3.8) is 0 Å². The van der Waals surface area contributed by atoms with E-state index in [1.165, 1.54) is 18.2 Å². The minimum absolute atomic E-state index is 0.0558. The fraction of sp³-hybridized carbons (Fsp3) is 0.375. The number of hydrogen-bond acceptors (Lipinski definition) is 6. The van der Waals surface area contributed by atoms with Gasteiger partial charge in [0.25, 0.3) is 0 Å². The quantitative estimate of drug-likeness (QED) is 0.447. The predicted molar refractivity (Wildman–Crippen MR) is 114 cm³/mol. The van der Waals surface area contributed by atoms with E-state index in [-0.39, 0.29) is 17.5 Å². The Morgan fingerprint density at radius 2 is 1.84 bits per heavy atom. The van der Waals surface area contributed by atoms with Crippen LogP contribution in [0.5, 0.6) is 0 Å². The standard InChI is InChI=1S/C24H25FN2O5/c25-17-9-3-1-6-14(17)13-32-22(29)20(28)12-24(26,23(30)31)21-15-7-2-4-10-18(15)27-19-11-5-8-16(19)21/h1-4,6-7,9-10,16,19,21,27H,5,8,11-13,26H2,(H,30,31)/t16-,19+,21?,24?/m0/s1. The van der Waals surface area contributed by atoms with E-state index in [9.17, 15) is 23.9 Å². The molecule has 2 aromatic rings. The first-order valence-corrected chi connectivity index (χ1v) is 10.6. The van der Waals surface area contributed by atoms with Crippen molar-refractivity contribution in [1.82, 2.24) is 0 Å². The smallest absolute Gasteiger partial charge is 0.375 e. The average Bonchev–Trinajstić information content (AvgIpc) is 3.24. The third-order valence-electron chi connectivity index (χ3n) is 6.58. The number of carboxylic acids is 1. The Balaban J connectivity index is 1.57. The molecule has 2 aliphatic rings. The number of Topliss-reactive ketones (excluding diaryl/α,β-unsaturated/α-hetero) is 1. The zero-order chi connectivity index (χ0) is 22.9. The lowest BCUT2D eigenvalue weighted by atomic mass is 9.66. The van der Waals surface area contributed by atoms with Crippen molar-refractivity contribution in [3.05, 3.63) is 65.5 Å². The molecule has 2 aromatic carbocycles. The predicted octanol–water partition coefficient (Wildman–Crippen LogP) is 2.99. The van der Waals surface area contributed by atoms with Crippen molar-refractivity contribution in [3.8, 4) is 0 Å². The molecule has 8 heteroatoms. The summed E-state index contributed by atoms with van der Waals surface area (Å²) in [5.74, 6) is -4.90. The topological polar surface area (TPSA) is 119 Å². The van der Waals surface area contributed by atoms with Crippen LogP contribution < -0.4 is 11.1 Å². The molecular formula is C24H25FN2O5. The van der Waals surface area contributed by atoms with Crippen LogP contribution in [0.1, 0.15) is 42.7 Å². The number of nitrogens with one attached hydrogen (secondary N) is 1. The molecule has 0 amide bonds. The Morgan fingerprint density at radius 1 is 1.12 bits per heavy atom. The van der Waals surface area contributed by atoms with E-state index < -0.39 is 48.0 Å². The van der Waals surface area contributed by atoms with Crippen LogP contribution in [0.3, 0.4) is 0 Å². The van der Waals surface area contributed by atoms with Gasteiger partial charge in [-0.25, -0.2) is 9.18 Å². The summed E-state index contributed by atoms with van der Waals surface area (Å²) in [4.78, 5) is 37.4. The number of para-hydroxylation sites is 1. The molecule has 0 saturated heterocycles. The summed E-state index contributed by atoms with van der Waals surface area (Å²) in [6.45, 7) is -0.428. The van der Waals surface area contributed by atoms with Gasteiger partial charge in [0, 0.05) is 29.6 Å². The van der Waals surface area contributed by atoms with Gasteiger partial charge in [0.05, 0.1) is 0 Å². The summed E-state index contributed by atoms with van der Waals surface area (Å²) in [5.41, 5.74) is 6.10. The molecule has 0 aromatic heterocycles. The van der Waals surface area contributed by atoms with Crippen LogP contribution in [-0.2, 0) is 25.7 Å². The number of benzene rings is 2. The molecule has 2 unspecified atom stereocenters. The Bertz CT molecular complexity index is 1060. The van der Waals surface area contributed by atoms with E-state index in [2.05, 4.69) is 5.32 Å². The van der Waals surface area contributed by atoms with Crippen molar-refractivity contribution in [2.75, 3.05) is 5.32 Å². The maximum Gasteiger partial charge on any atom is 0.375 e. The molecule has 0 spiro atoms. The van der Waals surface area contributed by atoms with Crippen molar-refractivity contribution in [2.24, 2.45) is 11.7 Å². The Hall–Kier alpha value is -3.26. The summed E-state index contributed by atoms with van der Waals surface area (Å²) < 4.78 is 18.7. The lowest BCUT2D eigenvalue weighted by Crippen LogP contribution is -2.59. The van der Waals surface area contributed by atoms with Gasteiger partial charge in [-0.3, -0.25) is 9.59 Å². The molecule has 0 radical (unpaired) electrons. The third-order valence-corrected chi connectivity index (χ3v) is 6.58. The Morgan fingerprint density at radius 3 is 2.59 bits per heavy atom. The normalized spacial score (nSPS) is 23.2. The molecule has 1 aliphatic carbocycles. The Kier molecular flexibility index (Phi) is 5.97. The van der Waals surface area contributed by atoms with Crippen LogP contribution >= 0.6 is 0 Å². The molecule has 1 fully saturated rings. The number of carboxylic acid groups (broad SMARTS) is 1. The van der Waals surface area contributed by atoms with Crippen LogP contribution in [0, 0.1) is 11.7 Å². The summed E-state index contributed by atoms with van der Waals surface area (Å²) in [5, 5.41) is 13.6. The molecule has 1 heterocycles. The fourth-order valence-corrected chi connectivity index (χ4v) is 5.05. The second-order valence-electron chi connectivity index (χ2n) is 8.52. The highest BCUT2D eigenvalue weighted by Gasteiger charge is 2.54. The van der Waals surface area contributed by atoms with Gasteiger partial charge in [0.15, 0.2) is 0 Å². The number of rotatable bonds is 7. The van der Waals surface area contributed by atoms with Crippen LogP contribution in [0.4, 0.5) is 10.1 Å². The van der Waals surface area contributed by atoms with E-state index in [4.69, 9.17) is 10.5 Å². The highest BCUT2D eigenvalue weighted by molar-refractivity contribution is 6.34. The summed E-state index contributed by atoms with van der Waals surface area (Å²) in [7, 11) is 0. The minimum Gasteiger partial charge on any atom is -0.480 e. The van der Waals surface area contributed by atoms with Gasteiger partial charge in [0.1, 0.15) is 18.0 Å². The van der Waals surface area contributed by atoms with Crippen molar-refractivity contribution in [2.45, 2.75) is 49.8 Å². The molecular weight excluding hydrogens is 415 g/mol. The molecule has 4 rings (SSSR count). The first-order valence-electron chi connectivity index (χ1n) is 10.6. The van der Waals surface area contributed by atoms with Gasteiger partial charge in [-0.05, 0) is 36.5 Å². The van der Waals surface area contributed by atoms with Crippen molar-refractivity contribution >= 4 is 23.4 Å². The maximum absolute atomic E-state index is 13.7. The van der Waals surface area contributed by atoms with E-state index in [1.807, 2.05) is 18.2 Å². The molecule has 1 aliphatic heterocycles. The molecule has 0 bridgehead atoms. The third kappa shape index (κ3) is 3.98. The fourth-order valence-electron chi connectivity index (χ4n) is 5.05. The second kappa shape index (κ2) is 8.70. The number of aliphatic carboxylic acids is 1. The minimum atomic E-state index is -1.99. The molecule has 7 nitrogen and oxygen atoms in total. The van der Waals surface area contributed by atoms with Gasteiger partial charge >= 0.3 is 11.9 Å². The number of ether oxygens (including phenoxy) is 1. The van der Waals surface area contributed by atoms with Crippen LogP contribution in [0.15, 0.2) is 48.5 Å². The lowest BCUT2D eigenvalue weighted by Gasteiger charge is -2.44. The number of hydrogen-bond donors (Lipinski definition) is 3. The Labute approximate surface area is 184 Å². The zero-order valence-corrected chi connectivity index (χ0v) is 17.4.